The van der Waals surface area contributed by atoms with Crippen LogP contribution in [0, 0.1) is 0 Å². The van der Waals surface area contributed by atoms with Crippen molar-refractivity contribution in [3.63, 3.8) is 0 Å². The molecule has 0 fully saturated rings. The molecular weight excluding hydrogens is 362 g/mol. The average molecular weight is 398 g/mol. The van der Waals surface area contributed by atoms with E-state index in [4.69, 9.17) is 4.74 Å². The quantitative estimate of drug-likeness (QED) is 0.597. The summed E-state index contributed by atoms with van der Waals surface area (Å²) < 4.78 is 5.21. The number of methoxy groups -OCH3 is 1. The first kappa shape index (κ1) is 22.8. The molecule has 2 aromatic rings. The molecule has 0 saturated carbocycles. The number of esters is 1. The molecule has 0 aliphatic carbocycles. The van der Waals surface area contributed by atoms with E-state index in [1.807, 2.05) is 28.2 Å². The third-order valence-electron chi connectivity index (χ3n) is 5.37. The maximum absolute atomic E-state index is 12.9. The van der Waals surface area contributed by atoms with Crippen LogP contribution in [0.5, 0.6) is 0 Å². The second kappa shape index (κ2) is 10.3. The number of ether oxygens (including phenoxy) is 1. The molecular formula is C24H35N3O2. The molecule has 0 bridgehead atoms. The van der Waals surface area contributed by atoms with Crippen molar-refractivity contribution in [1.82, 2.24) is 4.90 Å². The number of hydrogen-bond donors (Lipinski definition) is 0. The van der Waals surface area contributed by atoms with E-state index in [0.29, 0.717) is 12.0 Å². The maximum Gasteiger partial charge on any atom is 0.338 e. The van der Waals surface area contributed by atoms with Gasteiger partial charge in [-0.3, -0.25) is 4.90 Å². The summed E-state index contributed by atoms with van der Waals surface area (Å²) in [6.07, 6.45) is 0.692. The van der Waals surface area contributed by atoms with Gasteiger partial charge in [0.1, 0.15) is 0 Å². The molecule has 5 nitrogen and oxygen atoms in total. The minimum absolute atomic E-state index is 0.268. The number of carbonyl (C=O) groups is 1. The molecule has 0 amide bonds. The van der Waals surface area contributed by atoms with E-state index in [1.165, 1.54) is 12.7 Å². The monoisotopic (exact) mass is 397 g/mol. The molecule has 0 aliphatic heterocycles. The maximum atomic E-state index is 12.9. The van der Waals surface area contributed by atoms with Crippen LogP contribution >= 0.6 is 0 Å². The summed E-state index contributed by atoms with van der Waals surface area (Å²) >= 11 is 0. The Balaban J connectivity index is 2.54. The Labute approximate surface area is 175 Å². The lowest BCUT2D eigenvalue weighted by Gasteiger charge is -2.26. The van der Waals surface area contributed by atoms with Gasteiger partial charge in [0.2, 0.25) is 0 Å². The molecule has 158 valence electrons. The summed E-state index contributed by atoms with van der Waals surface area (Å²) in [6, 6.07) is 12.7. The number of rotatable bonds is 9. The number of carbonyl (C=O) groups excluding carboxylic acids is 1. The van der Waals surface area contributed by atoms with Crippen LogP contribution < -0.4 is 9.80 Å². The smallest absolute Gasteiger partial charge is 0.338 e. The molecule has 0 aromatic heterocycles. The predicted octanol–water partition coefficient (Wildman–Crippen LogP) is 4.04. The number of anilines is 2. The normalized spacial score (nSPS) is 10.9. The molecule has 0 spiro atoms. The lowest BCUT2D eigenvalue weighted by atomic mass is 9.93. The Hall–Kier alpha value is -2.53. The zero-order valence-corrected chi connectivity index (χ0v) is 19.0. The fourth-order valence-corrected chi connectivity index (χ4v) is 3.57. The summed E-state index contributed by atoms with van der Waals surface area (Å²) in [7, 11) is 9.55. The molecule has 0 N–H and O–H groups in total. The standard InChI is InChI=1S/C24H35N3O2/c1-8-27(9-2)17-21-22(26(5)6)15-12-19(23(21)24(28)29-7)16-18-10-13-20(14-11-18)25(3)4/h10-15H,8-9,16-17H2,1-7H3. The van der Waals surface area contributed by atoms with Gasteiger partial charge in [0.25, 0.3) is 0 Å². The van der Waals surface area contributed by atoms with Crippen molar-refractivity contribution in [3.8, 4) is 0 Å². The van der Waals surface area contributed by atoms with Crippen LogP contribution in [0.25, 0.3) is 0 Å². The predicted molar refractivity (Wildman–Crippen MR) is 122 cm³/mol. The van der Waals surface area contributed by atoms with E-state index in [-0.39, 0.29) is 5.97 Å². The first-order valence-electron chi connectivity index (χ1n) is 10.2. The first-order valence-corrected chi connectivity index (χ1v) is 10.2. The van der Waals surface area contributed by atoms with Gasteiger partial charge < -0.3 is 14.5 Å². The van der Waals surface area contributed by atoms with Crippen molar-refractivity contribution in [1.29, 1.82) is 0 Å². The van der Waals surface area contributed by atoms with Crippen LogP contribution in [0.1, 0.15) is 40.9 Å². The van der Waals surface area contributed by atoms with Gasteiger partial charge in [-0.25, -0.2) is 4.79 Å². The van der Waals surface area contributed by atoms with Gasteiger partial charge in [-0.2, -0.15) is 0 Å². The van der Waals surface area contributed by atoms with Crippen molar-refractivity contribution in [3.05, 3.63) is 58.7 Å². The highest BCUT2D eigenvalue weighted by Gasteiger charge is 2.22. The molecule has 5 heteroatoms. The van der Waals surface area contributed by atoms with E-state index in [2.05, 4.69) is 64.9 Å². The fraction of sp³-hybridized carbons (Fsp3) is 0.458. The largest absolute Gasteiger partial charge is 0.465 e. The fourth-order valence-electron chi connectivity index (χ4n) is 3.57. The van der Waals surface area contributed by atoms with Gasteiger partial charge in [0.05, 0.1) is 12.7 Å². The third-order valence-corrected chi connectivity index (χ3v) is 5.37. The van der Waals surface area contributed by atoms with Crippen molar-refractivity contribution >= 4 is 17.3 Å². The Morgan fingerprint density at radius 3 is 2.00 bits per heavy atom. The highest BCUT2D eigenvalue weighted by atomic mass is 16.5. The molecule has 0 atom stereocenters. The number of hydrogen-bond acceptors (Lipinski definition) is 5. The second-order valence-corrected chi connectivity index (χ2v) is 7.68. The topological polar surface area (TPSA) is 36.0 Å². The van der Waals surface area contributed by atoms with Crippen LogP contribution in [-0.2, 0) is 17.7 Å². The summed E-state index contributed by atoms with van der Waals surface area (Å²) in [6.45, 7) is 6.87. The van der Waals surface area contributed by atoms with E-state index in [0.717, 1.165) is 42.1 Å². The molecule has 0 unspecified atom stereocenters. The number of benzene rings is 2. The van der Waals surface area contributed by atoms with Crippen molar-refractivity contribution < 1.29 is 9.53 Å². The van der Waals surface area contributed by atoms with E-state index >= 15 is 0 Å². The van der Waals surface area contributed by atoms with E-state index in [1.54, 1.807) is 0 Å². The zero-order valence-electron chi connectivity index (χ0n) is 19.0. The molecule has 0 saturated heterocycles. The lowest BCUT2D eigenvalue weighted by Crippen LogP contribution is -2.26. The summed E-state index contributed by atoms with van der Waals surface area (Å²) in [4.78, 5) is 19.3. The van der Waals surface area contributed by atoms with Gasteiger partial charge in [-0.05, 0) is 48.8 Å². The van der Waals surface area contributed by atoms with Crippen molar-refractivity contribution in [2.75, 3.05) is 58.2 Å². The van der Waals surface area contributed by atoms with E-state index in [9.17, 15) is 4.79 Å². The van der Waals surface area contributed by atoms with Crippen molar-refractivity contribution in [2.24, 2.45) is 0 Å². The SMILES string of the molecule is CCN(CC)Cc1c(N(C)C)ccc(Cc2ccc(N(C)C)cc2)c1C(=O)OC. The summed E-state index contributed by atoms with van der Waals surface area (Å²) in [5.74, 6) is -0.268. The summed E-state index contributed by atoms with van der Waals surface area (Å²) in [5, 5.41) is 0. The first-order chi connectivity index (χ1) is 13.8. The van der Waals surface area contributed by atoms with Crippen molar-refractivity contribution in [2.45, 2.75) is 26.8 Å². The average Bonchev–Trinajstić information content (AvgIpc) is 2.71. The van der Waals surface area contributed by atoms with Crippen LogP contribution in [0.2, 0.25) is 0 Å². The van der Waals surface area contributed by atoms with E-state index < -0.39 is 0 Å². The Kier molecular flexibility index (Phi) is 8.09. The Bertz CT molecular complexity index is 810. The highest BCUT2D eigenvalue weighted by Crippen LogP contribution is 2.30. The Morgan fingerprint density at radius 1 is 0.897 bits per heavy atom. The van der Waals surface area contributed by atoms with Gasteiger partial charge >= 0.3 is 5.97 Å². The molecule has 29 heavy (non-hydrogen) atoms. The molecule has 0 radical (unpaired) electrons. The van der Waals surface area contributed by atoms with Crippen LogP contribution in [0.4, 0.5) is 11.4 Å². The zero-order chi connectivity index (χ0) is 21.6. The lowest BCUT2D eigenvalue weighted by molar-refractivity contribution is 0.0597. The Morgan fingerprint density at radius 2 is 1.52 bits per heavy atom. The van der Waals surface area contributed by atoms with Crippen LogP contribution in [0.15, 0.2) is 36.4 Å². The number of nitrogens with zero attached hydrogens (tertiary/aromatic N) is 3. The second-order valence-electron chi connectivity index (χ2n) is 7.68. The summed E-state index contributed by atoms with van der Waals surface area (Å²) in [5.41, 5.74) is 6.13. The molecule has 2 aromatic carbocycles. The molecule has 0 heterocycles. The highest BCUT2D eigenvalue weighted by molar-refractivity contribution is 5.95. The van der Waals surface area contributed by atoms with Gasteiger partial charge in [-0.1, -0.05) is 32.0 Å². The van der Waals surface area contributed by atoms with Crippen LogP contribution in [0.3, 0.4) is 0 Å². The minimum Gasteiger partial charge on any atom is -0.465 e. The minimum atomic E-state index is -0.268. The third kappa shape index (κ3) is 5.51. The van der Waals surface area contributed by atoms with Gasteiger partial charge in [0.15, 0.2) is 0 Å². The molecule has 0 aliphatic rings. The molecule has 2 rings (SSSR count). The van der Waals surface area contributed by atoms with Gasteiger partial charge in [0, 0.05) is 51.7 Å². The van der Waals surface area contributed by atoms with Crippen LogP contribution in [-0.4, -0.2) is 59.3 Å². The van der Waals surface area contributed by atoms with Gasteiger partial charge in [-0.15, -0.1) is 0 Å².